The molecule has 0 saturated heterocycles. The maximum Gasteiger partial charge on any atom is 0.224 e. The summed E-state index contributed by atoms with van der Waals surface area (Å²) in [5, 5.41) is 3.95. The zero-order chi connectivity index (χ0) is 13.7. The monoisotopic (exact) mass is 299 g/mol. The fourth-order valence-corrected chi connectivity index (χ4v) is 3.18. The number of alkyl halides is 1. The largest absolute Gasteiger partial charge is 0.356 e. The summed E-state index contributed by atoms with van der Waals surface area (Å²) in [7, 11) is 0. The van der Waals surface area contributed by atoms with Crippen LogP contribution in [0.5, 0.6) is 0 Å². The Balaban J connectivity index is 1.75. The molecular formula is C15H19Cl2NO. The van der Waals surface area contributed by atoms with Crippen LogP contribution in [0.2, 0.25) is 5.02 Å². The molecule has 104 valence electrons. The van der Waals surface area contributed by atoms with Crippen LogP contribution < -0.4 is 5.32 Å². The fraction of sp³-hybridized carbons (Fsp3) is 0.533. The van der Waals surface area contributed by atoms with E-state index in [0.717, 1.165) is 24.9 Å². The summed E-state index contributed by atoms with van der Waals surface area (Å²) < 4.78 is 0. The van der Waals surface area contributed by atoms with E-state index < -0.39 is 0 Å². The lowest BCUT2D eigenvalue weighted by Gasteiger charge is -2.25. The second-order valence-electron chi connectivity index (χ2n) is 5.24. The summed E-state index contributed by atoms with van der Waals surface area (Å²) in [4.78, 5) is 11.9. The molecule has 1 aromatic rings. The number of rotatable bonds is 4. The molecule has 2 atom stereocenters. The first-order chi connectivity index (χ1) is 9.13. The Bertz CT molecular complexity index is 436. The van der Waals surface area contributed by atoms with E-state index in [0.29, 0.717) is 17.4 Å². The molecule has 0 heterocycles. The van der Waals surface area contributed by atoms with Crippen molar-refractivity contribution in [2.24, 2.45) is 5.92 Å². The zero-order valence-electron chi connectivity index (χ0n) is 10.9. The molecule has 1 aliphatic rings. The van der Waals surface area contributed by atoms with Crippen LogP contribution in [0.25, 0.3) is 0 Å². The van der Waals surface area contributed by atoms with Gasteiger partial charge >= 0.3 is 0 Å². The minimum Gasteiger partial charge on any atom is -0.356 e. The molecule has 0 aromatic heterocycles. The average molecular weight is 300 g/mol. The normalized spacial score (nSPS) is 23.1. The van der Waals surface area contributed by atoms with Gasteiger partial charge in [0.15, 0.2) is 0 Å². The van der Waals surface area contributed by atoms with E-state index in [-0.39, 0.29) is 11.3 Å². The van der Waals surface area contributed by atoms with Crippen LogP contribution >= 0.6 is 23.2 Å². The van der Waals surface area contributed by atoms with Crippen LogP contribution in [0.15, 0.2) is 24.3 Å². The molecule has 1 fully saturated rings. The van der Waals surface area contributed by atoms with Crippen molar-refractivity contribution in [3.8, 4) is 0 Å². The number of amides is 1. The molecule has 2 unspecified atom stereocenters. The van der Waals surface area contributed by atoms with Crippen LogP contribution in [0, 0.1) is 5.92 Å². The number of benzene rings is 1. The van der Waals surface area contributed by atoms with Crippen molar-refractivity contribution in [1.29, 1.82) is 0 Å². The second kappa shape index (κ2) is 7.16. The molecule has 1 saturated carbocycles. The number of nitrogens with one attached hydrogen (secondary N) is 1. The Labute approximate surface area is 124 Å². The molecule has 0 aliphatic heterocycles. The maximum absolute atomic E-state index is 11.9. The lowest BCUT2D eigenvalue weighted by Crippen LogP contribution is -2.32. The highest BCUT2D eigenvalue weighted by Gasteiger charge is 2.20. The quantitative estimate of drug-likeness (QED) is 0.842. The Hall–Kier alpha value is -0.730. The third-order valence-electron chi connectivity index (χ3n) is 3.56. The minimum absolute atomic E-state index is 0.0546. The van der Waals surface area contributed by atoms with Crippen molar-refractivity contribution >= 4 is 29.1 Å². The van der Waals surface area contributed by atoms with E-state index in [1.54, 1.807) is 0 Å². The van der Waals surface area contributed by atoms with E-state index in [1.165, 1.54) is 12.8 Å². The van der Waals surface area contributed by atoms with Gasteiger partial charge in [0.05, 0.1) is 6.42 Å². The van der Waals surface area contributed by atoms with Crippen molar-refractivity contribution in [1.82, 2.24) is 5.32 Å². The Morgan fingerprint density at radius 1 is 1.37 bits per heavy atom. The topological polar surface area (TPSA) is 29.1 Å². The molecule has 1 N–H and O–H groups in total. The molecule has 2 rings (SSSR count). The zero-order valence-corrected chi connectivity index (χ0v) is 12.4. The van der Waals surface area contributed by atoms with Gasteiger partial charge in [-0.2, -0.15) is 0 Å². The predicted octanol–water partition coefficient (Wildman–Crippen LogP) is 3.80. The summed E-state index contributed by atoms with van der Waals surface area (Å²) in [5.74, 6) is 0.582. The molecule has 0 radical (unpaired) electrons. The van der Waals surface area contributed by atoms with Gasteiger partial charge in [-0.05, 0) is 42.9 Å². The highest BCUT2D eigenvalue weighted by atomic mass is 35.5. The number of carbonyl (C=O) groups is 1. The van der Waals surface area contributed by atoms with Crippen LogP contribution in [0.4, 0.5) is 0 Å². The lowest BCUT2D eigenvalue weighted by atomic mass is 9.89. The van der Waals surface area contributed by atoms with Gasteiger partial charge in [-0.25, -0.2) is 0 Å². The smallest absolute Gasteiger partial charge is 0.224 e. The van der Waals surface area contributed by atoms with Crippen LogP contribution in [-0.2, 0) is 11.2 Å². The summed E-state index contributed by atoms with van der Waals surface area (Å²) in [6.45, 7) is 0.739. The van der Waals surface area contributed by atoms with Crippen molar-refractivity contribution in [2.75, 3.05) is 6.54 Å². The Morgan fingerprint density at radius 2 is 2.21 bits per heavy atom. The molecule has 0 bridgehead atoms. The standard InChI is InChI=1S/C15H19Cl2NO/c16-13-5-1-3-11(7-13)9-15(19)18-10-12-4-2-6-14(17)8-12/h1,3,5,7,12,14H,2,4,6,8-10H2,(H,18,19). The van der Waals surface area contributed by atoms with E-state index in [1.807, 2.05) is 24.3 Å². The molecular weight excluding hydrogens is 281 g/mol. The molecule has 2 nitrogen and oxygen atoms in total. The fourth-order valence-electron chi connectivity index (χ4n) is 2.56. The van der Waals surface area contributed by atoms with Gasteiger partial charge in [0, 0.05) is 16.9 Å². The van der Waals surface area contributed by atoms with Crippen LogP contribution in [-0.4, -0.2) is 17.8 Å². The van der Waals surface area contributed by atoms with Gasteiger partial charge in [0.25, 0.3) is 0 Å². The van der Waals surface area contributed by atoms with E-state index in [2.05, 4.69) is 5.32 Å². The van der Waals surface area contributed by atoms with Crippen LogP contribution in [0.1, 0.15) is 31.2 Å². The number of hydrogen-bond acceptors (Lipinski definition) is 1. The average Bonchev–Trinajstić information content (AvgIpc) is 2.36. The van der Waals surface area contributed by atoms with Gasteiger partial charge in [-0.15, -0.1) is 11.6 Å². The van der Waals surface area contributed by atoms with Gasteiger partial charge in [0.1, 0.15) is 0 Å². The maximum atomic E-state index is 11.9. The predicted molar refractivity (Wildman–Crippen MR) is 79.8 cm³/mol. The molecule has 1 aliphatic carbocycles. The summed E-state index contributed by atoms with van der Waals surface area (Å²) in [6, 6.07) is 7.42. The van der Waals surface area contributed by atoms with Gasteiger partial charge in [-0.1, -0.05) is 30.2 Å². The van der Waals surface area contributed by atoms with Crippen molar-refractivity contribution in [3.63, 3.8) is 0 Å². The van der Waals surface area contributed by atoms with Crippen molar-refractivity contribution in [3.05, 3.63) is 34.9 Å². The van der Waals surface area contributed by atoms with Crippen LogP contribution in [0.3, 0.4) is 0 Å². The molecule has 19 heavy (non-hydrogen) atoms. The SMILES string of the molecule is O=C(Cc1cccc(Cl)c1)NCC1CCCC(Cl)C1. The van der Waals surface area contributed by atoms with E-state index in [9.17, 15) is 4.79 Å². The van der Waals surface area contributed by atoms with Gasteiger partial charge in [-0.3, -0.25) is 4.79 Å². The molecule has 1 amide bonds. The number of halogens is 2. The van der Waals surface area contributed by atoms with Crippen molar-refractivity contribution in [2.45, 2.75) is 37.5 Å². The third kappa shape index (κ3) is 5.04. The summed E-state index contributed by atoms with van der Waals surface area (Å²) >= 11 is 12.0. The molecule has 1 aromatic carbocycles. The lowest BCUT2D eigenvalue weighted by molar-refractivity contribution is -0.120. The third-order valence-corrected chi connectivity index (χ3v) is 4.19. The Morgan fingerprint density at radius 3 is 2.95 bits per heavy atom. The second-order valence-corrected chi connectivity index (χ2v) is 6.29. The number of hydrogen-bond donors (Lipinski definition) is 1. The summed E-state index contributed by atoms with van der Waals surface area (Å²) in [5.41, 5.74) is 0.948. The minimum atomic E-state index is 0.0546. The van der Waals surface area contributed by atoms with E-state index >= 15 is 0 Å². The summed E-state index contributed by atoms with van der Waals surface area (Å²) in [6.07, 6.45) is 4.84. The highest BCUT2D eigenvalue weighted by molar-refractivity contribution is 6.30. The number of carbonyl (C=O) groups excluding carboxylic acids is 1. The van der Waals surface area contributed by atoms with Gasteiger partial charge < -0.3 is 5.32 Å². The first-order valence-corrected chi connectivity index (χ1v) is 7.60. The van der Waals surface area contributed by atoms with E-state index in [4.69, 9.17) is 23.2 Å². The van der Waals surface area contributed by atoms with Gasteiger partial charge in [0.2, 0.25) is 5.91 Å². The van der Waals surface area contributed by atoms with Crippen molar-refractivity contribution < 1.29 is 4.79 Å². The highest BCUT2D eigenvalue weighted by Crippen LogP contribution is 2.27. The first-order valence-electron chi connectivity index (χ1n) is 6.78. The Kier molecular flexibility index (Phi) is 5.53. The molecule has 4 heteroatoms. The first kappa shape index (κ1) is 14.7. The molecule has 0 spiro atoms.